The molecule has 1 rings (SSSR count). The minimum absolute atomic E-state index is 0.924. The zero-order valence-electron chi connectivity index (χ0n) is 6.69. The van der Waals surface area contributed by atoms with Crippen molar-refractivity contribution in [1.82, 2.24) is 0 Å². The Morgan fingerprint density at radius 2 is 1.78 bits per heavy atom. The van der Waals surface area contributed by atoms with Crippen LogP contribution in [0.25, 0.3) is 0 Å². The average molecular weight is 124 g/mol. The molecule has 1 heteroatoms. The minimum atomic E-state index is 0.924. The third-order valence-corrected chi connectivity index (χ3v) is 2.28. The van der Waals surface area contributed by atoms with E-state index in [4.69, 9.17) is 0 Å². The maximum Gasteiger partial charge on any atom is 0.140 e. The van der Waals surface area contributed by atoms with E-state index in [1.165, 1.54) is 31.8 Å². The van der Waals surface area contributed by atoms with Gasteiger partial charge in [-0.3, -0.25) is 0 Å². The van der Waals surface area contributed by atoms with Crippen LogP contribution in [-0.4, -0.2) is 6.71 Å². The predicted octanol–water partition coefficient (Wildman–Crippen LogP) is 2.93. The first-order valence-corrected chi connectivity index (χ1v) is 4.29. The summed E-state index contributed by atoms with van der Waals surface area (Å²) in [5, 5.41) is 0. The molecular formula is C8H17B. The second-order valence-corrected chi connectivity index (χ2v) is 3.78. The fourth-order valence-corrected chi connectivity index (χ4v) is 1.91. The summed E-state index contributed by atoms with van der Waals surface area (Å²) < 4.78 is 0. The summed E-state index contributed by atoms with van der Waals surface area (Å²) >= 11 is 0. The van der Waals surface area contributed by atoms with Crippen LogP contribution in [0.3, 0.4) is 0 Å². The molecule has 0 aromatic heterocycles. The van der Waals surface area contributed by atoms with Crippen LogP contribution < -0.4 is 0 Å². The Labute approximate surface area is 59.1 Å². The van der Waals surface area contributed by atoms with Gasteiger partial charge in [0.1, 0.15) is 6.71 Å². The minimum Gasteiger partial charge on any atom is -0.0742 e. The predicted molar refractivity (Wildman–Crippen MR) is 44.2 cm³/mol. The van der Waals surface area contributed by atoms with E-state index in [9.17, 15) is 0 Å². The molecule has 52 valence electrons. The van der Waals surface area contributed by atoms with Gasteiger partial charge in [-0.1, -0.05) is 51.6 Å². The smallest absolute Gasteiger partial charge is 0.0742 e. The first kappa shape index (κ1) is 7.18. The van der Waals surface area contributed by atoms with Crippen molar-refractivity contribution >= 4 is 6.71 Å². The quantitative estimate of drug-likeness (QED) is 0.496. The van der Waals surface area contributed by atoms with Crippen LogP contribution in [0.4, 0.5) is 0 Å². The number of hydrogen-bond acceptors (Lipinski definition) is 0. The molecule has 9 heavy (non-hydrogen) atoms. The van der Waals surface area contributed by atoms with E-state index in [0.29, 0.717) is 0 Å². The molecule has 0 radical (unpaired) electrons. The standard InChI is InChI=1S/C8H17B/c1-8(2)7-9-5-3-4-6-9/h8H,3-7H2,1-2H3. The maximum absolute atomic E-state index is 2.33. The Kier molecular flexibility index (Phi) is 2.62. The highest BCUT2D eigenvalue weighted by Crippen LogP contribution is 2.24. The Bertz CT molecular complexity index is 72.6. The van der Waals surface area contributed by atoms with Crippen molar-refractivity contribution in [3.63, 3.8) is 0 Å². The van der Waals surface area contributed by atoms with Crippen LogP contribution in [0.15, 0.2) is 0 Å². The van der Waals surface area contributed by atoms with E-state index in [0.717, 1.165) is 12.6 Å². The third-order valence-electron chi connectivity index (χ3n) is 2.28. The first-order chi connectivity index (χ1) is 4.29. The molecule has 0 bridgehead atoms. The third kappa shape index (κ3) is 2.42. The molecular weight excluding hydrogens is 107 g/mol. The van der Waals surface area contributed by atoms with Gasteiger partial charge in [0, 0.05) is 0 Å². The summed E-state index contributed by atoms with van der Waals surface area (Å²) in [5.41, 5.74) is 0. The van der Waals surface area contributed by atoms with Crippen molar-refractivity contribution in [2.45, 2.75) is 45.6 Å². The number of rotatable bonds is 2. The fraction of sp³-hybridized carbons (Fsp3) is 1.00. The monoisotopic (exact) mass is 124 g/mol. The lowest BCUT2D eigenvalue weighted by atomic mass is 9.44. The van der Waals surface area contributed by atoms with Gasteiger partial charge in [-0.25, -0.2) is 0 Å². The lowest BCUT2D eigenvalue weighted by molar-refractivity contribution is 0.724. The van der Waals surface area contributed by atoms with Gasteiger partial charge in [0.15, 0.2) is 0 Å². The van der Waals surface area contributed by atoms with Crippen LogP contribution in [0.5, 0.6) is 0 Å². The van der Waals surface area contributed by atoms with E-state index < -0.39 is 0 Å². The maximum atomic E-state index is 2.33. The summed E-state index contributed by atoms with van der Waals surface area (Å²) in [6.45, 7) is 5.75. The molecule has 0 aromatic carbocycles. The van der Waals surface area contributed by atoms with Gasteiger partial charge in [0.2, 0.25) is 0 Å². The molecule has 0 saturated carbocycles. The van der Waals surface area contributed by atoms with Crippen molar-refractivity contribution in [3.8, 4) is 0 Å². The Morgan fingerprint density at radius 1 is 1.22 bits per heavy atom. The fourth-order valence-electron chi connectivity index (χ4n) is 1.91. The van der Waals surface area contributed by atoms with Crippen LogP contribution >= 0.6 is 0 Å². The van der Waals surface area contributed by atoms with E-state index >= 15 is 0 Å². The second kappa shape index (κ2) is 3.29. The van der Waals surface area contributed by atoms with Gasteiger partial charge in [-0.2, -0.15) is 0 Å². The summed E-state index contributed by atoms with van der Waals surface area (Å²) in [6.07, 6.45) is 7.49. The molecule has 1 saturated heterocycles. The van der Waals surface area contributed by atoms with Crippen molar-refractivity contribution < 1.29 is 0 Å². The SMILES string of the molecule is CC(C)CB1CCCC1. The van der Waals surface area contributed by atoms with E-state index in [2.05, 4.69) is 13.8 Å². The lowest BCUT2D eigenvalue weighted by Gasteiger charge is -2.06. The molecule has 0 nitrogen and oxygen atoms in total. The van der Waals surface area contributed by atoms with Crippen molar-refractivity contribution in [3.05, 3.63) is 0 Å². The normalized spacial score (nSPS) is 19.7. The van der Waals surface area contributed by atoms with Gasteiger partial charge < -0.3 is 0 Å². The zero-order valence-corrected chi connectivity index (χ0v) is 6.69. The first-order valence-electron chi connectivity index (χ1n) is 4.29. The van der Waals surface area contributed by atoms with Crippen LogP contribution in [0.1, 0.15) is 26.7 Å². The molecule has 1 heterocycles. The largest absolute Gasteiger partial charge is 0.140 e. The highest BCUT2D eigenvalue weighted by molar-refractivity contribution is 6.59. The van der Waals surface area contributed by atoms with E-state index in [1.54, 1.807) is 0 Å². The molecule has 0 aromatic rings. The molecule has 0 N–H and O–H groups in total. The summed E-state index contributed by atoms with van der Waals surface area (Å²) in [6, 6.07) is 0. The Hall–Kier alpha value is 0.0649. The van der Waals surface area contributed by atoms with Crippen molar-refractivity contribution in [2.24, 2.45) is 5.92 Å². The Morgan fingerprint density at radius 3 is 2.22 bits per heavy atom. The average Bonchev–Trinajstić information content (AvgIpc) is 2.15. The molecule has 0 amide bonds. The molecule has 0 atom stereocenters. The summed E-state index contributed by atoms with van der Waals surface area (Å²) in [4.78, 5) is 0. The van der Waals surface area contributed by atoms with Gasteiger partial charge >= 0.3 is 0 Å². The molecule has 0 unspecified atom stereocenters. The molecule has 1 aliphatic rings. The number of hydrogen-bond donors (Lipinski definition) is 0. The van der Waals surface area contributed by atoms with Crippen LogP contribution in [-0.2, 0) is 0 Å². The lowest BCUT2D eigenvalue weighted by Crippen LogP contribution is -2.08. The highest BCUT2D eigenvalue weighted by Gasteiger charge is 2.19. The molecule has 1 aliphatic heterocycles. The van der Waals surface area contributed by atoms with Crippen molar-refractivity contribution in [1.29, 1.82) is 0 Å². The highest BCUT2D eigenvalue weighted by atomic mass is 14.0. The molecule has 0 aliphatic carbocycles. The Balaban J connectivity index is 2.11. The van der Waals surface area contributed by atoms with Gasteiger partial charge in [-0.15, -0.1) is 0 Å². The van der Waals surface area contributed by atoms with Gasteiger partial charge in [0.05, 0.1) is 0 Å². The summed E-state index contributed by atoms with van der Waals surface area (Å²) in [7, 11) is 0. The topological polar surface area (TPSA) is 0 Å². The summed E-state index contributed by atoms with van der Waals surface area (Å²) in [5.74, 6) is 0.924. The van der Waals surface area contributed by atoms with Crippen molar-refractivity contribution in [2.75, 3.05) is 0 Å². The van der Waals surface area contributed by atoms with Gasteiger partial charge in [0.25, 0.3) is 0 Å². The molecule has 0 spiro atoms. The second-order valence-electron chi connectivity index (χ2n) is 3.78. The van der Waals surface area contributed by atoms with Crippen LogP contribution in [0, 0.1) is 5.92 Å². The van der Waals surface area contributed by atoms with Gasteiger partial charge in [-0.05, 0) is 0 Å². The van der Waals surface area contributed by atoms with E-state index in [1.807, 2.05) is 0 Å². The van der Waals surface area contributed by atoms with Crippen LogP contribution in [0.2, 0.25) is 19.0 Å². The molecule has 1 fully saturated rings. The zero-order chi connectivity index (χ0) is 6.69. The van der Waals surface area contributed by atoms with E-state index in [-0.39, 0.29) is 0 Å².